The Labute approximate surface area is 158 Å². The van der Waals surface area contributed by atoms with Crippen molar-refractivity contribution in [2.45, 2.75) is 49.5 Å². The fourth-order valence-corrected chi connectivity index (χ4v) is 5.24. The highest BCUT2D eigenvalue weighted by molar-refractivity contribution is 7.90. The number of urea groups is 1. The summed E-state index contributed by atoms with van der Waals surface area (Å²) in [5, 5.41) is -0.941. The van der Waals surface area contributed by atoms with Gasteiger partial charge in [-0.3, -0.25) is 0 Å². The fraction of sp³-hybridized carbons (Fsp3) is 0.611. The van der Waals surface area contributed by atoms with E-state index in [0.29, 0.717) is 18.9 Å². The third-order valence-corrected chi connectivity index (χ3v) is 7.34. The molecular formula is C18H24N3O5S+. The maximum atomic E-state index is 12.7. The van der Waals surface area contributed by atoms with E-state index >= 15 is 0 Å². The van der Waals surface area contributed by atoms with Crippen LogP contribution in [0, 0.1) is 0 Å². The summed E-state index contributed by atoms with van der Waals surface area (Å²) in [5.74, 6) is -0.485. The van der Waals surface area contributed by atoms with Gasteiger partial charge in [0.1, 0.15) is 23.1 Å². The summed E-state index contributed by atoms with van der Waals surface area (Å²) in [4.78, 5) is 26.3. The van der Waals surface area contributed by atoms with E-state index in [1.165, 1.54) is 23.8 Å². The summed E-state index contributed by atoms with van der Waals surface area (Å²) in [7, 11) is -2.24. The Morgan fingerprint density at radius 1 is 1.37 bits per heavy atom. The zero-order chi connectivity index (χ0) is 19.4. The first-order valence-corrected chi connectivity index (χ1v) is 10.8. The zero-order valence-corrected chi connectivity index (χ0v) is 16.3. The van der Waals surface area contributed by atoms with Crippen molar-refractivity contribution in [3.05, 3.63) is 23.8 Å². The van der Waals surface area contributed by atoms with Crippen LogP contribution < -0.4 is 4.72 Å². The Balaban J connectivity index is 1.68. The van der Waals surface area contributed by atoms with Crippen molar-refractivity contribution in [2.75, 3.05) is 20.2 Å². The molecule has 2 unspecified atom stereocenters. The van der Waals surface area contributed by atoms with Gasteiger partial charge >= 0.3 is 11.9 Å². The SMILES string of the molecule is CN1C(=O)C2=CC(S(=O)(=O)NC3(C)CC3)C=CC2=[N+](CC2CCCO2)C1=O. The summed E-state index contributed by atoms with van der Waals surface area (Å²) < 4.78 is 35.2. The van der Waals surface area contributed by atoms with Crippen LogP contribution in [0.1, 0.15) is 32.6 Å². The maximum absolute atomic E-state index is 12.7. The van der Waals surface area contributed by atoms with Gasteiger partial charge in [0.05, 0.1) is 13.2 Å². The largest absolute Gasteiger partial charge is 0.501 e. The van der Waals surface area contributed by atoms with E-state index in [1.807, 2.05) is 6.92 Å². The topological polar surface area (TPSA) is 95.8 Å². The minimum absolute atomic E-state index is 0.0735. The van der Waals surface area contributed by atoms with Crippen molar-refractivity contribution in [2.24, 2.45) is 0 Å². The third-order valence-electron chi connectivity index (χ3n) is 5.55. The van der Waals surface area contributed by atoms with Gasteiger partial charge in [0.2, 0.25) is 10.0 Å². The number of sulfonamides is 1. The average molecular weight is 394 g/mol. The van der Waals surface area contributed by atoms with Gasteiger partial charge in [-0.15, -0.1) is 0 Å². The molecule has 0 aromatic heterocycles. The number of nitrogens with zero attached hydrogens (tertiary/aromatic N) is 2. The normalized spacial score (nSPS) is 29.9. The van der Waals surface area contributed by atoms with Crippen molar-refractivity contribution >= 4 is 27.7 Å². The number of hydrogen-bond donors (Lipinski definition) is 1. The number of amides is 3. The number of likely N-dealkylation sites (N-methyl/N-ethyl adjacent to an activating group) is 1. The first kappa shape index (κ1) is 18.5. The number of carbonyl (C=O) groups excluding carboxylic acids is 2. The summed E-state index contributed by atoms with van der Waals surface area (Å²) in [6, 6.07) is -0.419. The predicted molar refractivity (Wildman–Crippen MR) is 98.0 cm³/mol. The lowest BCUT2D eigenvalue weighted by molar-refractivity contribution is -0.447. The molecular weight excluding hydrogens is 370 g/mol. The van der Waals surface area contributed by atoms with Crippen molar-refractivity contribution in [3.63, 3.8) is 0 Å². The number of hydrogen-bond acceptors (Lipinski definition) is 5. The number of rotatable bonds is 5. The highest BCUT2D eigenvalue weighted by atomic mass is 32.2. The Bertz CT molecular complexity index is 892. The van der Waals surface area contributed by atoms with Crippen LogP contribution in [-0.2, 0) is 19.6 Å². The Morgan fingerprint density at radius 3 is 2.74 bits per heavy atom. The molecule has 0 aromatic carbocycles. The molecule has 0 radical (unpaired) electrons. The van der Waals surface area contributed by atoms with Gasteiger partial charge in [-0.1, -0.05) is 6.08 Å². The lowest BCUT2D eigenvalue weighted by atomic mass is 9.99. The molecule has 2 aliphatic heterocycles. The van der Waals surface area contributed by atoms with Gasteiger partial charge in [-0.05, 0) is 44.8 Å². The summed E-state index contributed by atoms with van der Waals surface area (Å²) in [5.41, 5.74) is 0.307. The van der Waals surface area contributed by atoms with Crippen LogP contribution in [0.25, 0.3) is 0 Å². The molecule has 0 spiro atoms. The molecule has 0 bridgehead atoms. The molecule has 2 atom stereocenters. The molecule has 2 heterocycles. The molecule has 146 valence electrons. The van der Waals surface area contributed by atoms with E-state index in [1.54, 1.807) is 6.08 Å². The maximum Gasteiger partial charge on any atom is 0.501 e. The van der Waals surface area contributed by atoms with E-state index in [0.717, 1.165) is 30.6 Å². The Kier molecular flexibility index (Phi) is 4.36. The first-order chi connectivity index (χ1) is 12.7. The van der Waals surface area contributed by atoms with Crippen LogP contribution >= 0.6 is 0 Å². The number of allylic oxidation sites excluding steroid dienone is 1. The van der Waals surface area contributed by atoms with Crippen LogP contribution in [0.3, 0.4) is 0 Å². The Hall–Kier alpha value is -1.84. The van der Waals surface area contributed by atoms with Crippen LogP contribution in [0.4, 0.5) is 4.79 Å². The summed E-state index contributed by atoms with van der Waals surface area (Å²) >= 11 is 0. The zero-order valence-electron chi connectivity index (χ0n) is 15.5. The number of fused-ring (bicyclic) bond motifs is 1. The van der Waals surface area contributed by atoms with Gasteiger partial charge < -0.3 is 4.74 Å². The number of imide groups is 1. The van der Waals surface area contributed by atoms with Crippen LogP contribution in [-0.4, -0.2) is 72.6 Å². The second kappa shape index (κ2) is 6.35. The molecule has 4 aliphatic rings. The van der Waals surface area contributed by atoms with Gasteiger partial charge in [-0.2, -0.15) is 14.3 Å². The van der Waals surface area contributed by atoms with Gasteiger partial charge in [0.25, 0.3) is 0 Å². The minimum Gasteiger partial charge on any atom is -0.374 e. The van der Waals surface area contributed by atoms with Crippen molar-refractivity contribution < 1.29 is 27.3 Å². The number of nitrogens with one attached hydrogen (secondary N) is 1. The summed E-state index contributed by atoms with van der Waals surface area (Å²) in [6.07, 6.45) is 7.89. The van der Waals surface area contributed by atoms with Crippen molar-refractivity contribution in [1.29, 1.82) is 0 Å². The predicted octanol–water partition coefficient (Wildman–Crippen LogP) is 0.548. The highest BCUT2D eigenvalue weighted by Crippen LogP contribution is 2.36. The van der Waals surface area contributed by atoms with E-state index in [9.17, 15) is 18.0 Å². The average Bonchev–Trinajstić information content (AvgIpc) is 3.12. The fourth-order valence-electron chi connectivity index (χ4n) is 3.61. The van der Waals surface area contributed by atoms with Gasteiger partial charge in [-0.25, -0.2) is 17.9 Å². The van der Waals surface area contributed by atoms with Crippen LogP contribution in [0.5, 0.6) is 0 Å². The van der Waals surface area contributed by atoms with Crippen molar-refractivity contribution in [1.82, 2.24) is 9.62 Å². The lowest BCUT2D eigenvalue weighted by Gasteiger charge is -2.25. The van der Waals surface area contributed by atoms with Crippen molar-refractivity contribution in [3.8, 4) is 0 Å². The third kappa shape index (κ3) is 3.39. The standard InChI is InChI=1S/C18H24N3O5S/c1-18(7-8-18)19-27(24,25)13-5-6-15-14(10-13)16(22)20(2)17(23)21(15)11-12-4-3-9-26-12/h5-6,10,12-13,19H,3-4,7-9,11H2,1-2H3/q+1. The number of carbonyl (C=O) groups is 2. The molecule has 27 heavy (non-hydrogen) atoms. The smallest absolute Gasteiger partial charge is 0.374 e. The molecule has 8 nitrogen and oxygen atoms in total. The van der Waals surface area contributed by atoms with Gasteiger partial charge in [0.15, 0.2) is 0 Å². The number of ether oxygens (including phenoxy) is 1. The van der Waals surface area contributed by atoms with E-state index in [2.05, 4.69) is 4.72 Å². The summed E-state index contributed by atoms with van der Waals surface area (Å²) in [6.45, 7) is 2.88. The second-order valence-corrected chi connectivity index (χ2v) is 9.73. The minimum atomic E-state index is -3.65. The first-order valence-electron chi connectivity index (χ1n) is 9.21. The molecule has 1 saturated carbocycles. The molecule has 1 saturated heterocycles. The Morgan fingerprint density at radius 2 is 2.11 bits per heavy atom. The lowest BCUT2D eigenvalue weighted by Crippen LogP contribution is -2.52. The van der Waals surface area contributed by atoms with E-state index < -0.39 is 27.2 Å². The van der Waals surface area contributed by atoms with Gasteiger partial charge in [0, 0.05) is 12.1 Å². The van der Waals surface area contributed by atoms with E-state index in [4.69, 9.17) is 4.74 Å². The molecule has 4 rings (SSSR count). The molecule has 2 aliphatic carbocycles. The van der Waals surface area contributed by atoms with Crippen LogP contribution in [0.2, 0.25) is 0 Å². The highest BCUT2D eigenvalue weighted by Gasteiger charge is 2.46. The molecule has 0 aromatic rings. The molecule has 2 fully saturated rings. The molecule has 1 N–H and O–H groups in total. The quantitative estimate of drug-likeness (QED) is 0.687. The second-order valence-electron chi connectivity index (χ2n) is 7.89. The van der Waals surface area contributed by atoms with Crippen LogP contribution in [0.15, 0.2) is 23.8 Å². The molecule has 9 heteroatoms. The molecule has 3 amide bonds. The monoisotopic (exact) mass is 394 g/mol. The van der Waals surface area contributed by atoms with E-state index in [-0.39, 0.29) is 17.2 Å².